The molecular weight excluding hydrogens is 321 g/mol. The van der Waals surface area contributed by atoms with Gasteiger partial charge in [0.2, 0.25) is 5.91 Å². The van der Waals surface area contributed by atoms with Crippen LogP contribution in [0.15, 0.2) is 42.9 Å². The molecule has 1 aliphatic rings. The van der Waals surface area contributed by atoms with E-state index in [1.54, 1.807) is 30.7 Å². The second kappa shape index (κ2) is 8.02. The monoisotopic (exact) mass is 343 g/mol. The number of nitrogens with one attached hydrogen (secondary N) is 1. The van der Waals surface area contributed by atoms with Crippen molar-refractivity contribution in [3.63, 3.8) is 0 Å². The Morgan fingerprint density at radius 3 is 2.56 bits per heavy atom. The van der Waals surface area contributed by atoms with Crippen molar-refractivity contribution in [3.8, 4) is 0 Å². The molecule has 1 fully saturated rings. The molecule has 1 saturated heterocycles. The zero-order valence-electron chi connectivity index (χ0n) is 14.2. The van der Waals surface area contributed by atoms with Gasteiger partial charge in [-0.25, -0.2) is 9.37 Å². The highest BCUT2D eigenvalue weighted by molar-refractivity contribution is 5.81. The van der Waals surface area contributed by atoms with Crippen LogP contribution in [0.3, 0.4) is 0 Å². The predicted octanol–water partition coefficient (Wildman–Crippen LogP) is 1.44. The molecule has 25 heavy (non-hydrogen) atoms. The average molecular weight is 343 g/mol. The Morgan fingerprint density at radius 1 is 1.20 bits per heavy atom. The Bertz CT molecular complexity index is 686. The minimum absolute atomic E-state index is 0.0164. The maximum atomic E-state index is 12.9. The Labute approximate surface area is 146 Å². The molecule has 0 spiro atoms. The van der Waals surface area contributed by atoms with Gasteiger partial charge in [0, 0.05) is 45.1 Å². The summed E-state index contributed by atoms with van der Waals surface area (Å²) in [5.74, 6) is 0.581. The van der Waals surface area contributed by atoms with Crippen molar-refractivity contribution >= 4 is 11.7 Å². The summed E-state index contributed by atoms with van der Waals surface area (Å²) in [6.07, 6.45) is 5.11. The largest absolute Gasteiger partial charge is 0.353 e. The van der Waals surface area contributed by atoms with Gasteiger partial charge in [0.25, 0.3) is 0 Å². The predicted molar refractivity (Wildman–Crippen MR) is 93.5 cm³/mol. The number of hydrogen-bond acceptors (Lipinski definition) is 5. The summed E-state index contributed by atoms with van der Waals surface area (Å²) >= 11 is 0. The number of amides is 1. The van der Waals surface area contributed by atoms with Gasteiger partial charge < -0.3 is 10.2 Å². The highest BCUT2D eigenvalue weighted by Crippen LogP contribution is 2.13. The van der Waals surface area contributed by atoms with Gasteiger partial charge in [-0.05, 0) is 24.6 Å². The van der Waals surface area contributed by atoms with E-state index >= 15 is 0 Å². The number of anilines is 1. The minimum Gasteiger partial charge on any atom is -0.353 e. The lowest BCUT2D eigenvalue weighted by atomic mass is 10.2. The number of halogens is 1. The van der Waals surface area contributed by atoms with Crippen molar-refractivity contribution in [1.29, 1.82) is 0 Å². The molecule has 1 N–H and O–H groups in total. The van der Waals surface area contributed by atoms with E-state index in [4.69, 9.17) is 0 Å². The number of benzene rings is 1. The van der Waals surface area contributed by atoms with E-state index < -0.39 is 0 Å². The molecule has 0 saturated carbocycles. The second-order valence-electron chi connectivity index (χ2n) is 6.11. The molecule has 1 atom stereocenters. The van der Waals surface area contributed by atoms with Crippen molar-refractivity contribution in [2.45, 2.75) is 19.5 Å². The van der Waals surface area contributed by atoms with Crippen LogP contribution in [-0.2, 0) is 11.3 Å². The third kappa shape index (κ3) is 4.51. The number of aromatic nitrogens is 2. The van der Waals surface area contributed by atoms with Crippen molar-refractivity contribution in [1.82, 2.24) is 20.2 Å². The van der Waals surface area contributed by atoms with E-state index in [2.05, 4.69) is 25.1 Å². The van der Waals surface area contributed by atoms with E-state index in [0.717, 1.165) is 37.6 Å². The second-order valence-corrected chi connectivity index (χ2v) is 6.11. The van der Waals surface area contributed by atoms with Gasteiger partial charge in [0.15, 0.2) is 0 Å². The standard InChI is InChI=1S/C18H22FN5O/c1-14(18(25)22-12-15-2-4-16(19)5-3-15)23-8-10-24(11-9-23)17-13-20-6-7-21-17/h2-7,13-14H,8-12H2,1H3,(H,22,25)/t14-/m1/s1. The average Bonchev–Trinajstić information content (AvgIpc) is 2.67. The molecule has 3 rings (SSSR count). The number of nitrogens with zero attached hydrogens (tertiary/aromatic N) is 4. The normalized spacial score (nSPS) is 16.5. The van der Waals surface area contributed by atoms with Gasteiger partial charge in [-0.2, -0.15) is 0 Å². The first-order valence-corrected chi connectivity index (χ1v) is 8.40. The molecule has 0 radical (unpaired) electrons. The molecule has 1 aromatic carbocycles. The van der Waals surface area contributed by atoms with Gasteiger partial charge in [-0.1, -0.05) is 12.1 Å². The first kappa shape index (κ1) is 17.3. The molecule has 6 nitrogen and oxygen atoms in total. The topological polar surface area (TPSA) is 61.4 Å². The van der Waals surface area contributed by atoms with Gasteiger partial charge in [-0.15, -0.1) is 0 Å². The molecule has 0 bridgehead atoms. The summed E-state index contributed by atoms with van der Waals surface area (Å²) < 4.78 is 12.9. The van der Waals surface area contributed by atoms with E-state index in [9.17, 15) is 9.18 Å². The lowest BCUT2D eigenvalue weighted by molar-refractivity contribution is -0.126. The molecule has 1 amide bonds. The fourth-order valence-corrected chi connectivity index (χ4v) is 2.90. The smallest absolute Gasteiger partial charge is 0.237 e. The zero-order valence-corrected chi connectivity index (χ0v) is 14.2. The Morgan fingerprint density at radius 2 is 1.92 bits per heavy atom. The zero-order chi connectivity index (χ0) is 17.6. The molecule has 1 aromatic heterocycles. The maximum Gasteiger partial charge on any atom is 0.237 e. The molecule has 2 aromatic rings. The number of carbonyl (C=O) groups is 1. The van der Waals surface area contributed by atoms with Crippen LogP contribution in [0.2, 0.25) is 0 Å². The van der Waals surface area contributed by atoms with Crippen molar-refractivity contribution in [2.75, 3.05) is 31.1 Å². The van der Waals surface area contributed by atoms with Crippen molar-refractivity contribution in [2.24, 2.45) is 0 Å². The number of carbonyl (C=O) groups excluding carboxylic acids is 1. The van der Waals surface area contributed by atoms with E-state index in [-0.39, 0.29) is 17.8 Å². The molecule has 7 heteroatoms. The quantitative estimate of drug-likeness (QED) is 0.890. The van der Waals surface area contributed by atoms with Gasteiger partial charge in [0.1, 0.15) is 11.6 Å². The van der Waals surface area contributed by atoms with Crippen LogP contribution in [0, 0.1) is 5.82 Å². The molecular formula is C18H22FN5O. The van der Waals surface area contributed by atoms with Crippen LogP contribution in [-0.4, -0.2) is 53.0 Å². The van der Waals surface area contributed by atoms with Crippen LogP contribution in [0.1, 0.15) is 12.5 Å². The highest BCUT2D eigenvalue weighted by atomic mass is 19.1. The van der Waals surface area contributed by atoms with Gasteiger partial charge in [-0.3, -0.25) is 14.7 Å². The number of rotatable bonds is 5. The maximum absolute atomic E-state index is 12.9. The number of piperazine rings is 1. The summed E-state index contributed by atoms with van der Waals surface area (Å²) in [6, 6.07) is 5.96. The lowest BCUT2D eigenvalue weighted by Crippen LogP contribution is -2.54. The van der Waals surface area contributed by atoms with Gasteiger partial charge in [0.05, 0.1) is 12.2 Å². The molecule has 132 valence electrons. The Kier molecular flexibility index (Phi) is 5.55. The fraction of sp³-hybridized carbons (Fsp3) is 0.389. The molecule has 0 unspecified atom stereocenters. The highest BCUT2D eigenvalue weighted by Gasteiger charge is 2.25. The number of hydrogen-bond donors (Lipinski definition) is 1. The van der Waals surface area contributed by atoms with Crippen LogP contribution in [0.4, 0.5) is 10.2 Å². The van der Waals surface area contributed by atoms with Crippen LogP contribution >= 0.6 is 0 Å². The first-order valence-electron chi connectivity index (χ1n) is 8.40. The van der Waals surface area contributed by atoms with Crippen molar-refractivity contribution in [3.05, 3.63) is 54.2 Å². The molecule has 1 aliphatic heterocycles. The van der Waals surface area contributed by atoms with E-state index in [0.29, 0.717) is 6.54 Å². The van der Waals surface area contributed by atoms with Crippen molar-refractivity contribution < 1.29 is 9.18 Å². The minimum atomic E-state index is -0.274. The molecule has 0 aliphatic carbocycles. The SMILES string of the molecule is C[C@H](C(=O)NCc1ccc(F)cc1)N1CCN(c2cnccn2)CC1. The van der Waals surface area contributed by atoms with Crippen LogP contribution in [0.5, 0.6) is 0 Å². The lowest BCUT2D eigenvalue weighted by Gasteiger charge is -2.37. The summed E-state index contributed by atoms with van der Waals surface area (Å²) in [7, 11) is 0. The van der Waals surface area contributed by atoms with Crippen LogP contribution < -0.4 is 10.2 Å². The summed E-state index contributed by atoms with van der Waals surface area (Å²) in [4.78, 5) is 25.1. The first-order chi connectivity index (χ1) is 12.1. The summed E-state index contributed by atoms with van der Waals surface area (Å²) in [5, 5.41) is 2.92. The Hall–Kier alpha value is -2.54. The van der Waals surface area contributed by atoms with Gasteiger partial charge >= 0.3 is 0 Å². The summed E-state index contributed by atoms with van der Waals surface area (Å²) in [5.41, 5.74) is 0.884. The third-order valence-corrected chi connectivity index (χ3v) is 4.49. The fourth-order valence-electron chi connectivity index (χ4n) is 2.90. The Balaban J connectivity index is 1.47. The van der Waals surface area contributed by atoms with E-state index in [1.165, 1.54) is 12.1 Å². The van der Waals surface area contributed by atoms with E-state index in [1.807, 2.05) is 6.92 Å². The third-order valence-electron chi connectivity index (χ3n) is 4.49. The summed E-state index contributed by atoms with van der Waals surface area (Å²) in [6.45, 7) is 5.53. The molecule has 2 heterocycles. The van der Waals surface area contributed by atoms with Crippen LogP contribution in [0.25, 0.3) is 0 Å².